The van der Waals surface area contributed by atoms with Crippen LogP contribution in [0.2, 0.25) is 0 Å². The number of ether oxygens (including phenoxy) is 1. The fourth-order valence-electron chi connectivity index (χ4n) is 2.28. The summed E-state index contributed by atoms with van der Waals surface area (Å²) in [6.45, 7) is 1.94. The van der Waals surface area contributed by atoms with E-state index in [9.17, 15) is 9.59 Å². The van der Waals surface area contributed by atoms with Gasteiger partial charge in [0.2, 0.25) is 0 Å². The van der Waals surface area contributed by atoms with Crippen LogP contribution >= 0.6 is 0 Å². The number of rotatable bonds is 3. The molecule has 2 aromatic heterocycles. The molecule has 2 N–H and O–H groups in total. The molecule has 0 atom stereocenters. The standard InChI is InChI=1S/C14H14N4O3/c1-3-21-13(19)11-10(16-14(20)17-11)12-15-8-6-4-5-7-9(8)18(12)2/h4-7H,3H2,1-2H3,(H2,16,17,20). The van der Waals surface area contributed by atoms with Gasteiger partial charge in [-0.25, -0.2) is 14.6 Å². The molecule has 3 rings (SSSR count). The van der Waals surface area contributed by atoms with Crippen molar-refractivity contribution in [2.75, 3.05) is 6.61 Å². The Morgan fingerprint density at radius 1 is 1.33 bits per heavy atom. The van der Waals surface area contributed by atoms with Crippen LogP contribution in [0.4, 0.5) is 0 Å². The third-order valence-corrected chi connectivity index (χ3v) is 3.22. The predicted molar refractivity (Wildman–Crippen MR) is 77.1 cm³/mol. The molecule has 0 aliphatic rings. The SMILES string of the molecule is CCOC(=O)c1[nH]c(=O)[nH]c1-c1nc2ccccc2n1C. The number of imidazole rings is 2. The Bertz CT molecular complexity index is 872. The van der Waals surface area contributed by atoms with Crippen LogP contribution in [-0.2, 0) is 11.8 Å². The van der Waals surface area contributed by atoms with Gasteiger partial charge in [-0.1, -0.05) is 12.1 Å². The van der Waals surface area contributed by atoms with Crippen LogP contribution in [0.15, 0.2) is 29.1 Å². The highest BCUT2D eigenvalue weighted by molar-refractivity contribution is 5.94. The Labute approximate surface area is 119 Å². The number of nitrogens with zero attached hydrogens (tertiary/aromatic N) is 2. The molecule has 3 aromatic rings. The average molecular weight is 286 g/mol. The molecule has 0 spiro atoms. The Morgan fingerprint density at radius 2 is 2.10 bits per heavy atom. The molecule has 0 saturated heterocycles. The van der Waals surface area contributed by atoms with Gasteiger partial charge in [-0.05, 0) is 19.1 Å². The highest BCUT2D eigenvalue weighted by Crippen LogP contribution is 2.23. The number of H-pyrrole nitrogens is 2. The third kappa shape index (κ3) is 2.12. The lowest BCUT2D eigenvalue weighted by molar-refractivity contribution is 0.0521. The first kappa shape index (κ1) is 13.2. The lowest BCUT2D eigenvalue weighted by Crippen LogP contribution is -2.09. The summed E-state index contributed by atoms with van der Waals surface area (Å²) in [6, 6.07) is 7.57. The van der Waals surface area contributed by atoms with Crippen molar-refractivity contribution in [2.24, 2.45) is 7.05 Å². The van der Waals surface area contributed by atoms with Gasteiger partial charge in [-0.2, -0.15) is 0 Å². The quantitative estimate of drug-likeness (QED) is 0.712. The summed E-state index contributed by atoms with van der Waals surface area (Å²) >= 11 is 0. The van der Waals surface area contributed by atoms with Gasteiger partial charge < -0.3 is 14.3 Å². The molecule has 0 aliphatic carbocycles. The Kier molecular flexibility index (Phi) is 3.09. The molecule has 0 amide bonds. The zero-order valence-corrected chi connectivity index (χ0v) is 11.6. The molecule has 21 heavy (non-hydrogen) atoms. The monoisotopic (exact) mass is 286 g/mol. The second-order valence-corrected chi connectivity index (χ2v) is 4.53. The van der Waals surface area contributed by atoms with Crippen LogP contribution in [0.3, 0.4) is 0 Å². The summed E-state index contributed by atoms with van der Waals surface area (Å²) in [7, 11) is 1.82. The van der Waals surface area contributed by atoms with Crippen LogP contribution in [0.5, 0.6) is 0 Å². The number of aromatic nitrogens is 4. The number of nitrogens with one attached hydrogen (secondary N) is 2. The molecule has 7 heteroatoms. The van der Waals surface area contributed by atoms with Crippen LogP contribution in [0, 0.1) is 0 Å². The van der Waals surface area contributed by atoms with Crippen LogP contribution in [0.25, 0.3) is 22.6 Å². The lowest BCUT2D eigenvalue weighted by atomic mass is 10.3. The third-order valence-electron chi connectivity index (χ3n) is 3.22. The van der Waals surface area contributed by atoms with Gasteiger partial charge in [0.25, 0.3) is 0 Å². The number of hydrogen-bond acceptors (Lipinski definition) is 4. The Balaban J connectivity index is 2.21. The van der Waals surface area contributed by atoms with E-state index in [1.807, 2.05) is 35.9 Å². The average Bonchev–Trinajstić information content (AvgIpc) is 3.01. The number of aryl methyl sites for hydroxylation is 1. The van der Waals surface area contributed by atoms with Crippen molar-refractivity contribution >= 4 is 17.0 Å². The summed E-state index contributed by atoms with van der Waals surface area (Å²) in [5, 5.41) is 0. The van der Waals surface area contributed by atoms with Gasteiger partial charge in [0.05, 0.1) is 17.6 Å². The number of carbonyl (C=O) groups is 1. The number of hydrogen-bond donors (Lipinski definition) is 2. The first-order chi connectivity index (χ1) is 10.1. The summed E-state index contributed by atoms with van der Waals surface area (Å²) in [5.41, 5.74) is 1.63. The number of carbonyl (C=O) groups excluding carboxylic acids is 1. The number of aromatic amines is 2. The van der Waals surface area contributed by atoms with E-state index in [1.165, 1.54) is 0 Å². The number of fused-ring (bicyclic) bond motifs is 1. The normalized spacial score (nSPS) is 11.0. The molecule has 108 valence electrons. The summed E-state index contributed by atoms with van der Waals surface area (Å²) in [6.07, 6.45) is 0. The molecule has 0 unspecified atom stereocenters. The Morgan fingerprint density at radius 3 is 2.81 bits per heavy atom. The zero-order chi connectivity index (χ0) is 15.0. The maximum absolute atomic E-state index is 11.9. The van der Waals surface area contributed by atoms with E-state index in [-0.39, 0.29) is 12.3 Å². The molecule has 2 heterocycles. The molecule has 0 bridgehead atoms. The second kappa shape index (κ2) is 4.93. The topological polar surface area (TPSA) is 92.8 Å². The molecule has 0 aliphatic heterocycles. The first-order valence-electron chi connectivity index (χ1n) is 6.53. The van der Waals surface area contributed by atoms with E-state index < -0.39 is 11.7 Å². The fraction of sp³-hybridized carbons (Fsp3) is 0.214. The number of para-hydroxylation sites is 2. The van der Waals surface area contributed by atoms with Crippen molar-refractivity contribution in [3.63, 3.8) is 0 Å². The Hall–Kier alpha value is -2.83. The summed E-state index contributed by atoms with van der Waals surface area (Å²) in [5.74, 6) is -0.0875. The van der Waals surface area contributed by atoms with E-state index in [0.717, 1.165) is 11.0 Å². The molecular formula is C14H14N4O3. The predicted octanol–water partition coefficient (Wildman–Crippen LogP) is 1.43. The van der Waals surface area contributed by atoms with Gasteiger partial charge in [0.1, 0.15) is 5.69 Å². The van der Waals surface area contributed by atoms with E-state index in [2.05, 4.69) is 15.0 Å². The van der Waals surface area contributed by atoms with Crippen LogP contribution in [0.1, 0.15) is 17.4 Å². The van der Waals surface area contributed by atoms with Crippen molar-refractivity contribution < 1.29 is 9.53 Å². The summed E-state index contributed by atoms with van der Waals surface area (Å²) in [4.78, 5) is 33.0. The summed E-state index contributed by atoms with van der Waals surface area (Å²) < 4.78 is 6.77. The van der Waals surface area contributed by atoms with Gasteiger partial charge in [0.15, 0.2) is 11.5 Å². The van der Waals surface area contributed by atoms with Crippen molar-refractivity contribution in [1.82, 2.24) is 19.5 Å². The van der Waals surface area contributed by atoms with E-state index in [0.29, 0.717) is 11.5 Å². The van der Waals surface area contributed by atoms with Crippen LogP contribution < -0.4 is 5.69 Å². The molecular weight excluding hydrogens is 272 g/mol. The maximum atomic E-state index is 11.9. The van der Waals surface area contributed by atoms with Crippen molar-refractivity contribution in [3.05, 3.63) is 40.4 Å². The van der Waals surface area contributed by atoms with Gasteiger partial charge in [-0.3, -0.25) is 4.98 Å². The lowest BCUT2D eigenvalue weighted by Gasteiger charge is -2.03. The van der Waals surface area contributed by atoms with Crippen molar-refractivity contribution in [1.29, 1.82) is 0 Å². The number of benzene rings is 1. The highest BCUT2D eigenvalue weighted by Gasteiger charge is 2.21. The van der Waals surface area contributed by atoms with Gasteiger partial charge in [-0.15, -0.1) is 0 Å². The smallest absolute Gasteiger partial charge is 0.357 e. The molecule has 0 radical (unpaired) electrons. The molecule has 0 fully saturated rings. The maximum Gasteiger partial charge on any atom is 0.357 e. The largest absolute Gasteiger partial charge is 0.461 e. The molecule has 7 nitrogen and oxygen atoms in total. The molecule has 1 aromatic carbocycles. The molecule has 0 saturated carbocycles. The minimum atomic E-state index is -0.585. The minimum absolute atomic E-state index is 0.0836. The van der Waals surface area contributed by atoms with Gasteiger partial charge in [0, 0.05) is 7.05 Å². The van der Waals surface area contributed by atoms with Crippen LogP contribution in [-0.4, -0.2) is 32.1 Å². The fourth-order valence-corrected chi connectivity index (χ4v) is 2.28. The first-order valence-corrected chi connectivity index (χ1v) is 6.53. The van der Waals surface area contributed by atoms with E-state index >= 15 is 0 Å². The van der Waals surface area contributed by atoms with E-state index in [1.54, 1.807) is 6.92 Å². The zero-order valence-electron chi connectivity index (χ0n) is 11.6. The minimum Gasteiger partial charge on any atom is -0.461 e. The van der Waals surface area contributed by atoms with Crippen molar-refractivity contribution in [3.8, 4) is 11.5 Å². The highest BCUT2D eigenvalue weighted by atomic mass is 16.5. The van der Waals surface area contributed by atoms with E-state index in [4.69, 9.17) is 4.74 Å². The van der Waals surface area contributed by atoms with Gasteiger partial charge >= 0.3 is 11.7 Å². The number of esters is 1. The second-order valence-electron chi connectivity index (χ2n) is 4.53. The van der Waals surface area contributed by atoms with Crippen molar-refractivity contribution in [2.45, 2.75) is 6.92 Å².